The highest BCUT2D eigenvalue weighted by atomic mass is 16.7. The standard InChI is InChI=1S/C10H12N4O3/c1-2-3-6-17-13-10-7-8(14(15)16)4-5-9(10)11-12-13/h4-5,7H,2-3,6H2,1H3. The maximum absolute atomic E-state index is 10.7. The Balaban J connectivity index is 2.30. The molecule has 0 atom stereocenters. The molecule has 0 aliphatic heterocycles. The van der Waals surface area contributed by atoms with E-state index in [1.54, 1.807) is 6.07 Å². The van der Waals surface area contributed by atoms with Gasteiger partial charge in [0.1, 0.15) is 17.6 Å². The molecule has 1 aromatic carbocycles. The summed E-state index contributed by atoms with van der Waals surface area (Å²) in [6.07, 6.45) is 1.91. The molecular weight excluding hydrogens is 224 g/mol. The van der Waals surface area contributed by atoms with E-state index in [-0.39, 0.29) is 5.69 Å². The number of hydrogen-bond acceptors (Lipinski definition) is 5. The van der Waals surface area contributed by atoms with Crippen molar-refractivity contribution in [1.29, 1.82) is 0 Å². The summed E-state index contributed by atoms with van der Waals surface area (Å²) in [6.45, 7) is 2.56. The van der Waals surface area contributed by atoms with E-state index in [2.05, 4.69) is 10.3 Å². The summed E-state index contributed by atoms with van der Waals surface area (Å²) in [6, 6.07) is 4.36. The van der Waals surface area contributed by atoms with Crippen molar-refractivity contribution in [3.05, 3.63) is 28.3 Å². The Hall–Kier alpha value is -2.18. The van der Waals surface area contributed by atoms with Gasteiger partial charge in [-0.3, -0.25) is 10.1 Å². The lowest BCUT2D eigenvalue weighted by Crippen LogP contribution is -2.14. The van der Waals surface area contributed by atoms with Gasteiger partial charge in [0.15, 0.2) is 0 Å². The Kier molecular flexibility index (Phi) is 3.17. The van der Waals surface area contributed by atoms with E-state index in [1.807, 2.05) is 6.92 Å². The fourth-order valence-electron chi connectivity index (χ4n) is 1.39. The second-order valence-electron chi connectivity index (χ2n) is 3.58. The summed E-state index contributed by atoms with van der Waals surface area (Å²) >= 11 is 0. The van der Waals surface area contributed by atoms with Crippen LogP contribution >= 0.6 is 0 Å². The summed E-state index contributed by atoms with van der Waals surface area (Å²) in [4.78, 5) is 16.8. The molecule has 0 aliphatic carbocycles. The Morgan fingerprint density at radius 1 is 1.53 bits per heavy atom. The van der Waals surface area contributed by atoms with Gasteiger partial charge in [0.05, 0.1) is 4.92 Å². The fraction of sp³-hybridized carbons (Fsp3) is 0.400. The zero-order chi connectivity index (χ0) is 12.3. The van der Waals surface area contributed by atoms with Gasteiger partial charge in [0.25, 0.3) is 5.69 Å². The van der Waals surface area contributed by atoms with Crippen LogP contribution in [0.1, 0.15) is 19.8 Å². The number of aromatic nitrogens is 3. The van der Waals surface area contributed by atoms with Gasteiger partial charge in [-0.2, -0.15) is 0 Å². The topological polar surface area (TPSA) is 83.1 Å². The van der Waals surface area contributed by atoms with Gasteiger partial charge in [-0.05, 0) is 17.7 Å². The summed E-state index contributed by atoms with van der Waals surface area (Å²) in [5.41, 5.74) is 1.09. The molecule has 0 radical (unpaired) electrons. The van der Waals surface area contributed by atoms with Gasteiger partial charge in [-0.1, -0.05) is 18.2 Å². The quantitative estimate of drug-likeness (QED) is 0.447. The zero-order valence-corrected chi connectivity index (χ0v) is 9.37. The molecule has 0 saturated carbocycles. The van der Waals surface area contributed by atoms with Crippen molar-refractivity contribution in [1.82, 2.24) is 15.2 Å². The smallest absolute Gasteiger partial charge is 0.271 e. The average Bonchev–Trinajstić information content (AvgIpc) is 2.72. The van der Waals surface area contributed by atoms with E-state index in [1.165, 1.54) is 17.0 Å². The van der Waals surface area contributed by atoms with Gasteiger partial charge in [-0.15, -0.1) is 5.10 Å². The third-order valence-corrected chi connectivity index (χ3v) is 2.32. The summed E-state index contributed by atoms with van der Waals surface area (Å²) in [7, 11) is 0. The number of unbranched alkanes of at least 4 members (excludes halogenated alkanes) is 1. The van der Waals surface area contributed by atoms with Crippen molar-refractivity contribution in [2.75, 3.05) is 6.61 Å². The van der Waals surface area contributed by atoms with Crippen LogP contribution in [0.3, 0.4) is 0 Å². The van der Waals surface area contributed by atoms with Crippen molar-refractivity contribution in [2.45, 2.75) is 19.8 Å². The fourth-order valence-corrected chi connectivity index (χ4v) is 1.39. The Bertz CT molecular complexity index is 537. The second-order valence-corrected chi connectivity index (χ2v) is 3.58. The zero-order valence-electron chi connectivity index (χ0n) is 9.37. The minimum absolute atomic E-state index is 0.000131. The largest absolute Gasteiger partial charge is 0.395 e. The Morgan fingerprint density at radius 3 is 3.06 bits per heavy atom. The molecule has 0 unspecified atom stereocenters. The van der Waals surface area contributed by atoms with Crippen LogP contribution in [0, 0.1) is 10.1 Å². The number of rotatable bonds is 5. The minimum atomic E-state index is -0.456. The van der Waals surface area contributed by atoms with E-state index < -0.39 is 4.92 Å². The molecule has 2 rings (SSSR count). The first-order valence-electron chi connectivity index (χ1n) is 5.35. The molecule has 0 fully saturated rings. The van der Waals surface area contributed by atoms with E-state index >= 15 is 0 Å². The van der Waals surface area contributed by atoms with Crippen LogP contribution in [0.4, 0.5) is 5.69 Å². The predicted molar refractivity (Wildman–Crippen MR) is 60.5 cm³/mol. The summed E-state index contributed by atoms with van der Waals surface area (Å²) in [5, 5.41) is 18.3. The van der Waals surface area contributed by atoms with E-state index in [0.717, 1.165) is 12.8 Å². The van der Waals surface area contributed by atoms with Crippen molar-refractivity contribution in [2.24, 2.45) is 0 Å². The van der Waals surface area contributed by atoms with Crippen LogP contribution in [0.5, 0.6) is 0 Å². The highest BCUT2D eigenvalue weighted by Crippen LogP contribution is 2.18. The number of nitrogens with zero attached hydrogens (tertiary/aromatic N) is 4. The molecule has 0 N–H and O–H groups in total. The first-order valence-corrected chi connectivity index (χ1v) is 5.35. The first kappa shape index (κ1) is 11.3. The number of hydrogen-bond donors (Lipinski definition) is 0. The highest BCUT2D eigenvalue weighted by Gasteiger charge is 2.11. The molecule has 1 heterocycles. The normalized spacial score (nSPS) is 10.6. The molecule has 0 amide bonds. The molecular formula is C10H12N4O3. The number of fused-ring (bicyclic) bond motifs is 1. The lowest BCUT2D eigenvalue weighted by molar-refractivity contribution is -0.384. The molecule has 7 nitrogen and oxygen atoms in total. The summed E-state index contributed by atoms with van der Waals surface area (Å²) < 4.78 is 0. The third-order valence-electron chi connectivity index (χ3n) is 2.32. The molecule has 90 valence electrons. The van der Waals surface area contributed by atoms with Gasteiger partial charge >= 0.3 is 0 Å². The van der Waals surface area contributed by atoms with Crippen LogP contribution in [0.2, 0.25) is 0 Å². The predicted octanol–water partition coefficient (Wildman–Crippen LogP) is 1.57. The number of non-ortho nitro benzene ring substituents is 1. The summed E-state index contributed by atoms with van der Waals surface area (Å²) in [5.74, 6) is 0. The maximum Gasteiger partial charge on any atom is 0.271 e. The maximum atomic E-state index is 10.7. The second kappa shape index (κ2) is 4.77. The molecule has 0 saturated heterocycles. The minimum Gasteiger partial charge on any atom is -0.395 e. The van der Waals surface area contributed by atoms with Crippen LogP contribution in [0.25, 0.3) is 11.0 Å². The molecule has 0 bridgehead atoms. The number of nitro groups is 1. The van der Waals surface area contributed by atoms with Crippen LogP contribution in [-0.4, -0.2) is 26.7 Å². The van der Waals surface area contributed by atoms with Crippen LogP contribution in [-0.2, 0) is 0 Å². The molecule has 1 aromatic heterocycles. The molecule has 0 aliphatic rings. The highest BCUT2D eigenvalue weighted by molar-refractivity contribution is 5.76. The Morgan fingerprint density at radius 2 is 2.35 bits per heavy atom. The average molecular weight is 236 g/mol. The van der Waals surface area contributed by atoms with Crippen molar-refractivity contribution < 1.29 is 9.76 Å². The number of nitro benzene ring substituents is 1. The molecule has 0 spiro atoms. The van der Waals surface area contributed by atoms with Gasteiger partial charge in [0.2, 0.25) is 0 Å². The first-order chi connectivity index (χ1) is 8.22. The third kappa shape index (κ3) is 2.32. The molecule has 7 heteroatoms. The lowest BCUT2D eigenvalue weighted by atomic mass is 10.3. The lowest BCUT2D eigenvalue weighted by Gasteiger charge is -2.03. The molecule has 2 aromatic rings. The monoisotopic (exact) mass is 236 g/mol. The Labute approximate surface area is 97.1 Å². The van der Waals surface area contributed by atoms with Crippen molar-refractivity contribution in [3.8, 4) is 0 Å². The van der Waals surface area contributed by atoms with E-state index in [4.69, 9.17) is 4.84 Å². The molecule has 17 heavy (non-hydrogen) atoms. The van der Waals surface area contributed by atoms with Crippen molar-refractivity contribution in [3.63, 3.8) is 0 Å². The van der Waals surface area contributed by atoms with E-state index in [0.29, 0.717) is 17.6 Å². The van der Waals surface area contributed by atoms with Gasteiger partial charge < -0.3 is 4.84 Å². The van der Waals surface area contributed by atoms with Crippen LogP contribution in [0.15, 0.2) is 18.2 Å². The van der Waals surface area contributed by atoms with E-state index in [9.17, 15) is 10.1 Å². The number of benzene rings is 1. The van der Waals surface area contributed by atoms with Crippen LogP contribution < -0.4 is 4.84 Å². The SMILES string of the molecule is CCCCOn1nnc2ccc([N+](=O)[O-])cc21. The van der Waals surface area contributed by atoms with Gasteiger partial charge in [0, 0.05) is 12.1 Å². The van der Waals surface area contributed by atoms with Crippen molar-refractivity contribution >= 4 is 16.7 Å². The van der Waals surface area contributed by atoms with Gasteiger partial charge in [-0.25, -0.2) is 0 Å².